The molecule has 0 aromatic heterocycles. The third-order valence-corrected chi connectivity index (χ3v) is 3.72. The van der Waals surface area contributed by atoms with Gasteiger partial charge in [-0.2, -0.15) is 0 Å². The minimum atomic E-state index is -0.335. The summed E-state index contributed by atoms with van der Waals surface area (Å²) in [5, 5.41) is 12.4. The van der Waals surface area contributed by atoms with Crippen LogP contribution in [-0.4, -0.2) is 16.7 Å². The van der Waals surface area contributed by atoms with Gasteiger partial charge in [0.1, 0.15) is 5.78 Å². The van der Waals surface area contributed by atoms with E-state index in [4.69, 9.17) is 5.21 Å². The zero-order valence-electron chi connectivity index (χ0n) is 11.5. The van der Waals surface area contributed by atoms with Crippen LogP contribution < -0.4 is 0 Å². The van der Waals surface area contributed by atoms with Crippen molar-refractivity contribution in [3.63, 3.8) is 0 Å². The number of nitrogens with zero attached hydrogens (tertiary/aromatic N) is 1. The molecule has 0 aromatic carbocycles. The highest BCUT2D eigenvalue weighted by Crippen LogP contribution is 2.46. The maximum atomic E-state index is 12.3. The standard InChI is InChI=1S/C14H25NO2/c1-5-6-7-12(16)14(4)9-11(15-17)8-13(2,3)10-14/h17H,5-10H2,1-4H3/b15-11+. The lowest BCUT2D eigenvalue weighted by atomic mass is 9.61. The van der Waals surface area contributed by atoms with Gasteiger partial charge in [-0.3, -0.25) is 4.79 Å². The molecule has 1 aliphatic rings. The van der Waals surface area contributed by atoms with Crippen LogP contribution in [0.15, 0.2) is 5.16 Å². The molecule has 1 atom stereocenters. The summed E-state index contributed by atoms with van der Waals surface area (Å²) in [6.07, 6.45) is 4.96. The molecule has 0 spiro atoms. The van der Waals surface area contributed by atoms with Crippen molar-refractivity contribution >= 4 is 11.5 Å². The van der Waals surface area contributed by atoms with Crippen LogP contribution in [0.4, 0.5) is 0 Å². The van der Waals surface area contributed by atoms with Crippen LogP contribution in [0.25, 0.3) is 0 Å². The molecule has 1 saturated carbocycles. The smallest absolute Gasteiger partial charge is 0.139 e. The summed E-state index contributed by atoms with van der Waals surface area (Å²) < 4.78 is 0. The molecule has 0 amide bonds. The fraction of sp³-hybridized carbons (Fsp3) is 0.857. The van der Waals surface area contributed by atoms with E-state index in [0.717, 1.165) is 31.4 Å². The van der Waals surface area contributed by atoms with E-state index in [2.05, 4.69) is 25.9 Å². The zero-order chi connectivity index (χ0) is 13.1. The lowest BCUT2D eigenvalue weighted by Gasteiger charge is -2.42. The first-order valence-corrected chi connectivity index (χ1v) is 6.56. The molecule has 1 fully saturated rings. The summed E-state index contributed by atoms with van der Waals surface area (Å²) in [5.41, 5.74) is 0.489. The molecule has 0 aliphatic heterocycles. The van der Waals surface area contributed by atoms with Crippen molar-refractivity contribution in [1.82, 2.24) is 0 Å². The zero-order valence-corrected chi connectivity index (χ0v) is 11.5. The molecular weight excluding hydrogens is 214 g/mol. The third kappa shape index (κ3) is 3.55. The van der Waals surface area contributed by atoms with Gasteiger partial charge in [0.25, 0.3) is 0 Å². The second kappa shape index (κ2) is 5.19. The highest BCUT2D eigenvalue weighted by atomic mass is 16.4. The summed E-state index contributed by atoms with van der Waals surface area (Å²) in [5.74, 6) is 0.327. The minimum absolute atomic E-state index is 0.0520. The van der Waals surface area contributed by atoms with Gasteiger partial charge in [0.2, 0.25) is 0 Å². The highest BCUT2D eigenvalue weighted by molar-refractivity contribution is 5.94. The SMILES string of the molecule is CCCCC(=O)C1(C)C/C(=N/O)CC(C)(C)C1. The molecule has 1 unspecified atom stereocenters. The number of carbonyl (C=O) groups is 1. The minimum Gasteiger partial charge on any atom is -0.411 e. The Balaban J connectivity index is 2.83. The Morgan fingerprint density at radius 1 is 1.35 bits per heavy atom. The van der Waals surface area contributed by atoms with Crippen LogP contribution in [0.1, 0.15) is 66.2 Å². The average molecular weight is 239 g/mol. The molecule has 0 aromatic rings. The average Bonchev–Trinajstić information content (AvgIpc) is 2.23. The first-order chi connectivity index (χ1) is 7.83. The van der Waals surface area contributed by atoms with E-state index in [0.29, 0.717) is 18.6 Å². The van der Waals surface area contributed by atoms with Gasteiger partial charge >= 0.3 is 0 Å². The number of Topliss-reactive ketones (excluding diaryl/α,β-unsaturated/α-hetero) is 1. The predicted octanol–water partition coefficient (Wildman–Crippen LogP) is 3.79. The first-order valence-electron chi connectivity index (χ1n) is 6.56. The Labute approximate surface area is 104 Å². The molecule has 17 heavy (non-hydrogen) atoms. The van der Waals surface area contributed by atoms with Crippen LogP contribution in [0.2, 0.25) is 0 Å². The maximum absolute atomic E-state index is 12.3. The molecule has 1 aliphatic carbocycles. The fourth-order valence-corrected chi connectivity index (χ4v) is 3.15. The van der Waals surface area contributed by atoms with Crippen LogP contribution >= 0.6 is 0 Å². The number of ketones is 1. The van der Waals surface area contributed by atoms with Gasteiger partial charge in [-0.05, 0) is 24.7 Å². The van der Waals surface area contributed by atoms with E-state index < -0.39 is 0 Å². The summed E-state index contributed by atoms with van der Waals surface area (Å²) >= 11 is 0. The topological polar surface area (TPSA) is 49.7 Å². The third-order valence-electron chi connectivity index (χ3n) is 3.72. The molecule has 3 nitrogen and oxygen atoms in total. The molecule has 98 valence electrons. The Kier molecular flexibility index (Phi) is 4.34. The second-order valence-electron chi connectivity index (χ2n) is 6.45. The van der Waals surface area contributed by atoms with Crippen LogP contribution in [-0.2, 0) is 4.79 Å². The van der Waals surface area contributed by atoms with Gasteiger partial charge < -0.3 is 5.21 Å². The van der Waals surface area contributed by atoms with Gasteiger partial charge in [-0.15, -0.1) is 0 Å². The normalized spacial score (nSPS) is 30.5. The Morgan fingerprint density at radius 3 is 2.53 bits per heavy atom. The van der Waals surface area contributed by atoms with Gasteiger partial charge in [0.15, 0.2) is 0 Å². The molecule has 1 N–H and O–H groups in total. The molecular formula is C14H25NO2. The summed E-state index contributed by atoms with van der Waals surface area (Å²) in [7, 11) is 0. The van der Waals surface area contributed by atoms with Gasteiger partial charge in [-0.25, -0.2) is 0 Å². The van der Waals surface area contributed by atoms with E-state index in [9.17, 15) is 4.79 Å². The maximum Gasteiger partial charge on any atom is 0.139 e. The molecule has 0 bridgehead atoms. The van der Waals surface area contributed by atoms with Crippen molar-refractivity contribution in [2.75, 3.05) is 0 Å². The monoisotopic (exact) mass is 239 g/mol. The van der Waals surface area contributed by atoms with E-state index in [-0.39, 0.29) is 10.8 Å². The largest absolute Gasteiger partial charge is 0.411 e. The fourth-order valence-electron chi connectivity index (χ4n) is 3.15. The Hall–Kier alpha value is -0.860. The highest BCUT2D eigenvalue weighted by Gasteiger charge is 2.43. The van der Waals surface area contributed by atoms with Crippen LogP contribution in [0, 0.1) is 10.8 Å². The van der Waals surface area contributed by atoms with Crippen molar-refractivity contribution < 1.29 is 10.0 Å². The van der Waals surface area contributed by atoms with E-state index in [1.54, 1.807) is 0 Å². The van der Waals surface area contributed by atoms with Crippen molar-refractivity contribution in [2.24, 2.45) is 16.0 Å². The van der Waals surface area contributed by atoms with Crippen LogP contribution in [0.3, 0.4) is 0 Å². The summed E-state index contributed by atoms with van der Waals surface area (Å²) in [6, 6.07) is 0. The number of rotatable bonds is 4. The quantitative estimate of drug-likeness (QED) is 0.599. The summed E-state index contributed by atoms with van der Waals surface area (Å²) in [6.45, 7) is 8.41. The molecule has 1 rings (SSSR count). The number of hydrogen-bond donors (Lipinski definition) is 1. The van der Waals surface area contributed by atoms with Gasteiger partial charge in [0, 0.05) is 18.3 Å². The van der Waals surface area contributed by atoms with E-state index in [1.807, 2.05) is 6.92 Å². The van der Waals surface area contributed by atoms with Crippen molar-refractivity contribution in [2.45, 2.75) is 66.2 Å². The Morgan fingerprint density at radius 2 is 2.00 bits per heavy atom. The predicted molar refractivity (Wildman–Crippen MR) is 69.5 cm³/mol. The molecule has 0 heterocycles. The van der Waals surface area contributed by atoms with E-state index in [1.165, 1.54) is 0 Å². The van der Waals surface area contributed by atoms with Crippen molar-refractivity contribution in [3.8, 4) is 0 Å². The molecule has 0 radical (unpaired) electrons. The number of carbonyl (C=O) groups excluding carboxylic acids is 1. The number of oxime groups is 1. The van der Waals surface area contributed by atoms with Gasteiger partial charge in [-0.1, -0.05) is 39.3 Å². The van der Waals surface area contributed by atoms with E-state index >= 15 is 0 Å². The van der Waals surface area contributed by atoms with Crippen molar-refractivity contribution in [3.05, 3.63) is 0 Å². The van der Waals surface area contributed by atoms with Crippen LogP contribution in [0.5, 0.6) is 0 Å². The Bertz CT molecular complexity index is 320. The van der Waals surface area contributed by atoms with Crippen molar-refractivity contribution in [1.29, 1.82) is 0 Å². The molecule has 3 heteroatoms. The lowest BCUT2D eigenvalue weighted by Crippen LogP contribution is -2.41. The number of unbranched alkanes of at least 4 members (excludes halogenated alkanes) is 1. The first kappa shape index (κ1) is 14.2. The molecule has 0 saturated heterocycles. The van der Waals surface area contributed by atoms with Gasteiger partial charge in [0.05, 0.1) is 5.71 Å². The second-order valence-corrected chi connectivity index (χ2v) is 6.45. The lowest BCUT2D eigenvalue weighted by molar-refractivity contribution is -0.130. The summed E-state index contributed by atoms with van der Waals surface area (Å²) in [4.78, 5) is 12.3. The number of hydrogen-bond acceptors (Lipinski definition) is 3.